The number of hydrogen-bond acceptors (Lipinski definition) is 7. The molecule has 8 nitrogen and oxygen atoms in total. The van der Waals surface area contributed by atoms with Crippen LogP contribution >= 0.6 is 0 Å². The number of hydrogen-bond donors (Lipinski definition) is 3. The van der Waals surface area contributed by atoms with E-state index in [0.717, 1.165) is 18.8 Å². The van der Waals surface area contributed by atoms with Crippen LogP contribution < -0.4 is 15.9 Å². The number of rotatable bonds is 6. The number of benzene rings is 1. The highest BCUT2D eigenvalue weighted by molar-refractivity contribution is 5.84. The Labute approximate surface area is 133 Å². The van der Waals surface area contributed by atoms with Gasteiger partial charge in [0.25, 0.3) is 5.56 Å². The first-order valence-corrected chi connectivity index (χ1v) is 7.35. The van der Waals surface area contributed by atoms with Crippen molar-refractivity contribution in [3.63, 3.8) is 0 Å². The van der Waals surface area contributed by atoms with Crippen molar-refractivity contribution in [2.45, 2.75) is 20.8 Å². The Morgan fingerprint density at radius 3 is 2.70 bits per heavy atom. The SMILES string of the molecule is CCN(CC)c1ccc(/C=N/Nc2nnc(C)c(=O)[nH]2)c(O)c1. The summed E-state index contributed by atoms with van der Waals surface area (Å²) in [6.45, 7) is 7.41. The van der Waals surface area contributed by atoms with Gasteiger partial charge in [-0.15, -0.1) is 10.2 Å². The van der Waals surface area contributed by atoms with Crippen molar-refractivity contribution in [1.29, 1.82) is 0 Å². The summed E-state index contributed by atoms with van der Waals surface area (Å²) >= 11 is 0. The Balaban J connectivity index is 2.10. The molecule has 1 aromatic heterocycles. The van der Waals surface area contributed by atoms with Crippen molar-refractivity contribution in [2.75, 3.05) is 23.4 Å². The maximum Gasteiger partial charge on any atom is 0.274 e. The summed E-state index contributed by atoms with van der Waals surface area (Å²) in [5.41, 5.74) is 4.02. The van der Waals surface area contributed by atoms with E-state index in [4.69, 9.17) is 0 Å². The van der Waals surface area contributed by atoms with Gasteiger partial charge in [0.15, 0.2) is 0 Å². The summed E-state index contributed by atoms with van der Waals surface area (Å²) in [6.07, 6.45) is 1.45. The first-order chi connectivity index (χ1) is 11.0. The van der Waals surface area contributed by atoms with Crippen molar-refractivity contribution in [2.24, 2.45) is 5.10 Å². The van der Waals surface area contributed by atoms with Crippen LogP contribution in [0.2, 0.25) is 0 Å². The van der Waals surface area contributed by atoms with Crippen LogP contribution in [0.15, 0.2) is 28.1 Å². The van der Waals surface area contributed by atoms with Gasteiger partial charge in [-0.2, -0.15) is 5.10 Å². The van der Waals surface area contributed by atoms with E-state index in [1.165, 1.54) is 6.21 Å². The van der Waals surface area contributed by atoms with Gasteiger partial charge in [0, 0.05) is 30.4 Å². The Morgan fingerprint density at radius 2 is 2.09 bits per heavy atom. The zero-order valence-electron chi connectivity index (χ0n) is 13.4. The topological polar surface area (TPSA) is 106 Å². The third-order valence-corrected chi connectivity index (χ3v) is 3.38. The monoisotopic (exact) mass is 316 g/mol. The maximum atomic E-state index is 11.4. The zero-order valence-corrected chi connectivity index (χ0v) is 13.4. The predicted octanol–water partition coefficient (Wildman–Crippen LogP) is 1.47. The number of aromatic nitrogens is 3. The van der Waals surface area contributed by atoms with E-state index < -0.39 is 0 Å². The second-order valence-corrected chi connectivity index (χ2v) is 4.87. The second-order valence-electron chi connectivity index (χ2n) is 4.87. The van der Waals surface area contributed by atoms with Gasteiger partial charge in [0.05, 0.1) is 6.21 Å². The predicted molar refractivity (Wildman–Crippen MR) is 90.3 cm³/mol. The minimum absolute atomic E-state index is 0.128. The highest BCUT2D eigenvalue weighted by Gasteiger charge is 2.05. The molecule has 23 heavy (non-hydrogen) atoms. The fraction of sp³-hybridized carbons (Fsp3) is 0.333. The van der Waals surface area contributed by atoms with E-state index in [0.29, 0.717) is 5.56 Å². The smallest absolute Gasteiger partial charge is 0.274 e. The summed E-state index contributed by atoms with van der Waals surface area (Å²) < 4.78 is 0. The molecule has 122 valence electrons. The molecule has 3 N–H and O–H groups in total. The number of nitrogens with zero attached hydrogens (tertiary/aromatic N) is 4. The van der Waals surface area contributed by atoms with Crippen LogP contribution in [0.1, 0.15) is 25.1 Å². The number of aryl methyl sites for hydroxylation is 1. The van der Waals surface area contributed by atoms with E-state index in [1.807, 2.05) is 6.07 Å². The third-order valence-electron chi connectivity index (χ3n) is 3.38. The molecule has 0 unspecified atom stereocenters. The molecule has 2 aromatic rings. The highest BCUT2D eigenvalue weighted by Crippen LogP contribution is 2.23. The number of H-pyrrole nitrogens is 1. The van der Waals surface area contributed by atoms with Crippen LogP contribution in [0.25, 0.3) is 0 Å². The van der Waals surface area contributed by atoms with Gasteiger partial charge in [0.1, 0.15) is 11.4 Å². The lowest BCUT2D eigenvalue weighted by Crippen LogP contribution is -2.21. The average Bonchev–Trinajstić information content (AvgIpc) is 2.54. The minimum Gasteiger partial charge on any atom is -0.507 e. The van der Waals surface area contributed by atoms with Gasteiger partial charge in [-0.1, -0.05) is 0 Å². The standard InChI is InChI=1S/C15H20N6O2/c1-4-21(5-2)12-7-6-11(13(22)8-12)9-16-19-15-17-14(23)10(3)18-20-15/h6-9,22H,4-5H2,1-3H3,(H2,17,19,20,23)/b16-9+. The molecule has 0 saturated carbocycles. The van der Waals surface area contributed by atoms with Crippen LogP contribution in [0.3, 0.4) is 0 Å². The van der Waals surface area contributed by atoms with Gasteiger partial charge < -0.3 is 10.0 Å². The van der Waals surface area contributed by atoms with Gasteiger partial charge in [-0.25, -0.2) is 5.43 Å². The molecule has 2 rings (SSSR count). The molecule has 1 aromatic carbocycles. The molecule has 0 radical (unpaired) electrons. The molecule has 0 amide bonds. The van der Waals surface area contributed by atoms with Crippen LogP contribution in [0.5, 0.6) is 5.75 Å². The molecule has 1 heterocycles. The van der Waals surface area contributed by atoms with Gasteiger partial charge in [0.2, 0.25) is 5.95 Å². The Kier molecular flexibility index (Phi) is 5.29. The van der Waals surface area contributed by atoms with Crippen molar-refractivity contribution in [3.05, 3.63) is 39.8 Å². The molecular weight excluding hydrogens is 296 g/mol. The summed E-state index contributed by atoms with van der Waals surface area (Å²) in [4.78, 5) is 16.0. The van der Waals surface area contributed by atoms with Crippen LogP contribution in [0, 0.1) is 6.92 Å². The second kappa shape index (κ2) is 7.39. The third kappa shape index (κ3) is 4.06. The molecule has 0 spiro atoms. The lowest BCUT2D eigenvalue weighted by molar-refractivity contribution is 0.474. The van der Waals surface area contributed by atoms with Crippen LogP contribution in [0.4, 0.5) is 11.6 Å². The number of anilines is 2. The largest absolute Gasteiger partial charge is 0.507 e. The zero-order chi connectivity index (χ0) is 16.8. The first kappa shape index (κ1) is 16.5. The molecule has 0 saturated heterocycles. The lowest BCUT2D eigenvalue weighted by atomic mass is 10.2. The summed E-state index contributed by atoms with van der Waals surface area (Å²) in [6, 6.07) is 5.39. The van der Waals surface area contributed by atoms with Crippen molar-refractivity contribution < 1.29 is 5.11 Å². The minimum atomic E-state index is -0.330. The van der Waals surface area contributed by atoms with Gasteiger partial charge in [-0.05, 0) is 32.9 Å². The van der Waals surface area contributed by atoms with E-state index in [9.17, 15) is 9.90 Å². The molecule has 0 fully saturated rings. The molecule has 0 aliphatic rings. The van der Waals surface area contributed by atoms with Gasteiger partial charge in [-0.3, -0.25) is 9.78 Å². The summed E-state index contributed by atoms with van der Waals surface area (Å²) in [5, 5.41) is 21.5. The van der Waals surface area contributed by atoms with Gasteiger partial charge >= 0.3 is 0 Å². The molecular formula is C15H20N6O2. The van der Waals surface area contributed by atoms with Crippen LogP contribution in [-0.4, -0.2) is 39.6 Å². The van der Waals surface area contributed by atoms with Crippen molar-refractivity contribution in [1.82, 2.24) is 15.2 Å². The van der Waals surface area contributed by atoms with E-state index in [1.54, 1.807) is 19.1 Å². The quantitative estimate of drug-likeness (QED) is 0.550. The number of phenolic OH excluding ortho intramolecular Hbond substituents is 1. The Bertz CT molecular complexity index is 752. The lowest BCUT2D eigenvalue weighted by Gasteiger charge is -2.21. The van der Waals surface area contributed by atoms with E-state index >= 15 is 0 Å². The highest BCUT2D eigenvalue weighted by atomic mass is 16.3. The Morgan fingerprint density at radius 1 is 1.35 bits per heavy atom. The molecule has 0 bridgehead atoms. The maximum absolute atomic E-state index is 11.4. The normalized spacial score (nSPS) is 10.9. The first-order valence-electron chi connectivity index (χ1n) is 7.35. The van der Waals surface area contributed by atoms with Crippen molar-refractivity contribution in [3.8, 4) is 5.75 Å². The number of aromatic amines is 1. The average molecular weight is 316 g/mol. The number of phenols is 1. The fourth-order valence-electron chi connectivity index (χ4n) is 2.03. The van der Waals surface area contributed by atoms with Crippen LogP contribution in [-0.2, 0) is 0 Å². The molecule has 0 aliphatic heterocycles. The molecule has 0 atom stereocenters. The Hall–Kier alpha value is -2.90. The van der Waals surface area contributed by atoms with Crippen molar-refractivity contribution >= 4 is 17.9 Å². The summed E-state index contributed by atoms with van der Waals surface area (Å²) in [5.74, 6) is 0.263. The number of nitrogens with one attached hydrogen (secondary N) is 2. The van der Waals surface area contributed by atoms with E-state index in [2.05, 4.69) is 44.5 Å². The molecule has 8 heteroatoms. The fourth-order valence-corrected chi connectivity index (χ4v) is 2.03. The summed E-state index contributed by atoms with van der Waals surface area (Å²) in [7, 11) is 0. The number of aromatic hydroxyl groups is 1. The number of hydrazone groups is 1. The van der Waals surface area contributed by atoms with E-state index in [-0.39, 0.29) is 23.0 Å². The molecule has 0 aliphatic carbocycles.